The Morgan fingerprint density at radius 3 is 2.62 bits per heavy atom. The van der Waals surface area contributed by atoms with Crippen LogP contribution in [0.15, 0.2) is 39.8 Å². The van der Waals surface area contributed by atoms with Crippen LogP contribution < -0.4 is 0 Å². The minimum absolute atomic E-state index is 0.797. The summed E-state index contributed by atoms with van der Waals surface area (Å²) >= 11 is 2.93. The highest BCUT2D eigenvalue weighted by molar-refractivity contribution is 8.00. The van der Waals surface area contributed by atoms with Crippen molar-refractivity contribution < 1.29 is 0 Å². The van der Waals surface area contributed by atoms with Gasteiger partial charge in [0, 0.05) is 5.69 Å². The lowest BCUT2D eigenvalue weighted by Gasteiger charge is -2.15. The molecule has 0 atom stereocenters. The molecular formula is C16H18N6S2. The minimum atomic E-state index is 0.797. The van der Waals surface area contributed by atoms with Crippen LogP contribution in [-0.4, -0.2) is 42.1 Å². The monoisotopic (exact) mass is 358 g/mol. The quantitative estimate of drug-likeness (QED) is 0.698. The summed E-state index contributed by atoms with van der Waals surface area (Å²) in [6, 6.07) is 10.3. The molecule has 0 spiro atoms. The van der Waals surface area contributed by atoms with Crippen LogP contribution in [0.25, 0.3) is 5.69 Å². The largest absolute Gasteiger partial charge is 0.296 e. The van der Waals surface area contributed by atoms with Crippen molar-refractivity contribution in [3.05, 3.63) is 42.0 Å². The molecule has 1 aliphatic heterocycles. The first-order chi connectivity index (χ1) is 11.8. The number of aryl methyl sites for hydroxylation is 1. The van der Waals surface area contributed by atoms with Gasteiger partial charge in [-0.3, -0.25) is 9.47 Å². The molecule has 8 heteroatoms. The Morgan fingerprint density at radius 2 is 1.92 bits per heavy atom. The zero-order valence-electron chi connectivity index (χ0n) is 13.4. The van der Waals surface area contributed by atoms with Crippen LogP contribution in [0.1, 0.15) is 24.5 Å². The second-order valence-corrected chi connectivity index (χ2v) is 7.73. The molecule has 0 N–H and O–H groups in total. The molecule has 1 saturated heterocycles. The molecule has 0 amide bonds. The van der Waals surface area contributed by atoms with E-state index in [1.54, 1.807) is 0 Å². The van der Waals surface area contributed by atoms with Crippen molar-refractivity contribution in [3.63, 3.8) is 0 Å². The Kier molecular flexibility index (Phi) is 4.59. The molecule has 0 saturated carbocycles. The van der Waals surface area contributed by atoms with Crippen LogP contribution in [-0.2, 0) is 6.54 Å². The molecule has 3 heterocycles. The van der Waals surface area contributed by atoms with E-state index in [2.05, 4.69) is 41.2 Å². The van der Waals surface area contributed by atoms with Crippen LogP contribution in [0, 0.1) is 6.92 Å². The summed E-state index contributed by atoms with van der Waals surface area (Å²) in [6.45, 7) is 5.01. The highest BCUT2D eigenvalue weighted by atomic mass is 32.2. The first kappa shape index (κ1) is 15.7. The summed E-state index contributed by atoms with van der Waals surface area (Å²) in [5.41, 5.74) is 1.08. The van der Waals surface area contributed by atoms with E-state index in [-0.39, 0.29) is 0 Å². The third-order valence-corrected chi connectivity index (χ3v) is 5.76. The van der Waals surface area contributed by atoms with Gasteiger partial charge in [0.2, 0.25) is 5.16 Å². The lowest BCUT2D eigenvalue weighted by Crippen LogP contribution is -2.21. The molecule has 0 aliphatic carbocycles. The number of benzene rings is 1. The summed E-state index contributed by atoms with van der Waals surface area (Å²) in [6.07, 6.45) is 2.54. The van der Waals surface area contributed by atoms with E-state index >= 15 is 0 Å². The predicted octanol–water partition coefficient (Wildman–Crippen LogP) is 3.17. The number of para-hydroxylation sites is 1. The van der Waals surface area contributed by atoms with Crippen molar-refractivity contribution in [2.24, 2.45) is 0 Å². The Balaban J connectivity index is 1.68. The summed E-state index contributed by atoms with van der Waals surface area (Å²) in [4.78, 5) is 6.87. The van der Waals surface area contributed by atoms with Gasteiger partial charge in [0.25, 0.3) is 0 Å². The first-order valence-corrected chi connectivity index (χ1v) is 9.59. The highest BCUT2D eigenvalue weighted by Gasteiger charge is 2.20. The van der Waals surface area contributed by atoms with E-state index in [1.165, 1.54) is 36.1 Å². The summed E-state index contributed by atoms with van der Waals surface area (Å²) in [7, 11) is 0. The Bertz CT molecular complexity index is 807. The van der Waals surface area contributed by atoms with Crippen LogP contribution >= 0.6 is 23.3 Å². The average Bonchev–Trinajstić information content (AvgIpc) is 3.32. The third-order valence-electron chi connectivity index (χ3n) is 3.97. The maximum Gasteiger partial charge on any atom is 0.203 e. The maximum atomic E-state index is 4.47. The number of rotatable bonds is 5. The lowest BCUT2D eigenvalue weighted by molar-refractivity contribution is 0.319. The normalized spacial score (nSPS) is 15.2. The lowest BCUT2D eigenvalue weighted by atomic mass is 10.3. The SMILES string of the molecule is Cc1nsc(Sc2nnc(CN3CCCC3)n2-c2ccccc2)n1. The van der Waals surface area contributed by atoms with Crippen LogP contribution in [0.2, 0.25) is 0 Å². The van der Waals surface area contributed by atoms with Crippen LogP contribution in [0.3, 0.4) is 0 Å². The standard InChI is InChI=1S/C16H18N6S2/c1-12-17-16(24-20-12)23-15-19-18-14(11-21-9-5-6-10-21)22(15)13-7-3-2-4-8-13/h2-4,7-8H,5-6,9-11H2,1H3. The fraction of sp³-hybridized carbons (Fsp3) is 0.375. The van der Waals surface area contributed by atoms with E-state index in [0.29, 0.717) is 0 Å². The van der Waals surface area contributed by atoms with Crippen molar-refractivity contribution in [2.75, 3.05) is 13.1 Å². The van der Waals surface area contributed by atoms with Gasteiger partial charge in [-0.05, 0) is 68.3 Å². The Morgan fingerprint density at radius 1 is 1.12 bits per heavy atom. The highest BCUT2D eigenvalue weighted by Crippen LogP contribution is 2.30. The van der Waals surface area contributed by atoms with Crippen molar-refractivity contribution >= 4 is 23.3 Å². The number of likely N-dealkylation sites (tertiary alicyclic amines) is 1. The topological polar surface area (TPSA) is 59.7 Å². The average molecular weight is 358 g/mol. The molecule has 24 heavy (non-hydrogen) atoms. The summed E-state index contributed by atoms with van der Waals surface area (Å²) < 4.78 is 7.28. The van der Waals surface area contributed by atoms with Gasteiger partial charge in [0.1, 0.15) is 5.82 Å². The summed E-state index contributed by atoms with van der Waals surface area (Å²) in [5, 5.41) is 9.73. The molecule has 0 bridgehead atoms. The zero-order chi connectivity index (χ0) is 16.4. The second kappa shape index (κ2) is 7.00. The molecule has 0 unspecified atom stereocenters. The van der Waals surface area contributed by atoms with Crippen molar-refractivity contribution in [3.8, 4) is 5.69 Å². The zero-order valence-corrected chi connectivity index (χ0v) is 15.1. The van der Waals surface area contributed by atoms with Crippen molar-refractivity contribution in [1.29, 1.82) is 0 Å². The molecule has 1 fully saturated rings. The fourth-order valence-corrected chi connectivity index (χ4v) is 4.47. The number of hydrogen-bond acceptors (Lipinski definition) is 7. The Hall–Kier alpha value is -1.77. The van der Waals surface area contributed by atoms with Gasteiger partial charge in [0.15, 0.2) is 10.2 Å². The molecule has 4 rings (SSSR count). The minimum Gasteiger partial charge on any atom is -0.296 e. The van der Waals surface area contributed by atoms with Crippen LogP contribution in [0.5, 0.6) is 0 Å². The number of hydrogen-bond donors (Lipinski definition) is 0. The molecule has 2 aromatic heterocycles. The molecule has 124 valence electrons. The Labute approximate surface area is 149 Å². The fourth-order valence-electron chi connectivity index (χ4n) is 2.84. The number of aromatic nitrogens is 5. The van der Waals surface area contributed by atoms with Crippen molar-refractivity contribution in [1.82, 2.24) is 29.0 Å². The van der Waals surface area contributed by atoms with Gasteiger partial charge >= 0.3 is 0 Å². The van der Waals surface area contributed by atoms with Crippen molar-refractivity contribution in [2.45, 2.75) is 35.8 Å². The van der Waals surface area contributed by atoms with E-state index < -0.39 is 0 Å². The van der Waals surface area contributed by atoms with Crippen LogP contribution in [0.4, 0.5) is 0 Å². The molecule has 1 aliphatic rings. The summed E-state index contributed by atoms with van der Waals surface area (Å²) in [5.74, 6) is 1.78. The van der Waals surface area contributed by atoms with E-state index in [9.17, 15) is 0 Å². The molecular weight excluding hydrogens is 340 g/mol. The third kappa shape index (κ3) is 3.35. The van der Waals surface area contributed by atoms with Gasteiger partial charge in [-0.2, -0.15) is 4.37 Å². The molecule has 6 nitrogen and oxygen atoms in total. The van der Waals surface area contributed by atoms with Gasteiger partial charge in [0.05, 0.1) is 6.54 Å². The van der Waals surface area contributed by atoms with Gasteiger partial charge in [-0.1, -0.05) is 18.2 Å². The van der Waals surface area contributed by atoms with Gasteiger partial charge in [-0.15, -0.1) is 10.2 Å². The van der Waals surface area contributed by atoms with Gasteiger partial charge in [-0.25, -0.2) is 4.98 Å². The maximum absolute atomic E-state index is 4.47. The number of nitrogens with zero attached hydrogens (tertiary/aromatic N) is 6. The first-order valence-electron chi connectivity index (χ1n) is 8.00. The molecule has 1 aromatic carbocycles. The van der Waals surface area contributed by atoms with E-state index in [4.69, 9.17) is 0 Å². The van der Waals surface area contributed by atoms with Gasteiger partial charge < -0.3 is 0 Å². The molecule has 0 radical (unpaired) electrons. The molecule has 3 aromatic rings. The van der Waals surface area contributed by atoms with E-state index in [0.717, 1.165) is 46.5 Å². The van der Waals surface area contributed by atoms with E-state index in [1.807, 2.05) is 25.1 Å². The second-order valence-electron chi connectivity index (χ2n) is 5.76. The predicted molar refractivity (Wildman–Crippen MR) is 94.6 cm³/mol. The smallest absolute Gasteiger partial charge is 0.203 e.